The summed E-state index contributed by atoms with van der Waals surface area (Å²) in [7, 11) is 1.34. The Bertz CT molecular complexity index is 599. The monoisotopic (exact) mass is 259 g/mol. The van der Waals surface area contributed by atoms with Gasteiger partial charge in [0.15, 0.2) is 0 Å². The highest BCUT2D eigenvalue weighted by Crippen LogP contribution is 2.23. The summed E-state index contributed by atoms with van der Waals surface area (Å²) in [5.41, 5.74) is 1.47. The van der Waals surface area contributed by atoms with E-state index in [1.54, 1.807) is 24.3 Å². The fourth-order valence-corrected chi connectivity index (χ4v) is 2.16. The molecule has 1 aromatic carbocycles. The predicted octanol–water partition coefficient (Wildman–Crippen LogP) is 1.79. The van der Waals surface area contributed by atoms with Crippen molar-refractivity contribution in [2.24, 2.45) is 0 Å². The summed E-state index contributed by atoms with van der Waals surface area (Å²) in [5.74, 6) is -0.336. The van der Waals surface area contributed by atoms with E-state index in [0.717, 1.165) is 10.6 Å². The molecule has 6 heteroatoms. The van der Waals surface area contributed by atoms with Gasteiger partial charge in [-0.15, -0.1) is 10.2 Å². The van der Waals surface area contributed by atoms with Crippen LogP contribution in [0.1, 0.15) is 10.6 Å². The topological polar surface area (TPSA) is 75.9 Å². The van der Waals surface area contributed by atoms with E-state index in [0.29, 0.717) is 10.6 Å². The van der Waals surface area contributed by atoms with Gasteiger partial charge in [0, 0.05) is 5.56 Å². The van der Waals surface area contributed by atoms with Crippen LogP contribution < -0.4 is 0 Å². The first-order valence-corrected chi connectivity index (χ1v) is 5.94. The van der Waals surface area contributed by atoms with Gasteiger partial charge in [-0.3, -0.25) is 4.79 Å². The maximum Gasteiger partial charge on any atom is 0.312 e. The number of nitrogens with zero attached hydrogens (tertiary/aromatic N) is 3. The summed E-state index contributed by atoms with van der Waals surface area (Å²) in [5, 5.41) is 18.0. The summed E-state index contributed by atoms with van der Waals surface area (Å²) in [6.07, 6.45) is 0.129. The Morgan fingerprint density at radius 2 is 2.11 bits per heavy atom. The number of carbonyl (C=O) groups excluding carboxylic acids is 1. The quantitative estimate of drug-likeness (QED) is 0.785. The fourth-order valence-electron chi connectivity index (χ4n) is 1.32. The van der Waals surface area contributed by atoms with Gasteiger partial charge in [-0.05, 0) is 12.1 Å². The number of hydrogen-bond acceptors (Lipinski definition) is 6. The Labute approximate surface area is 108 Å². The van der Waals surface area contributed by atoms with Crippen LogP contribution in [-0.2, 0) is 16.0 Å². The van der Waals surface area contributed by atoms with Gasteiger partial charge in [-0.1, -0.05) is 23.5 Å². The van der Waals surface area contributed by atoms with E-state index < -0.39 is 0 Å². The second-order valence-corrected chi connectivity index (χ2v) is 4.51. The number of rotatable bonds is 3. The molecule has 0 fully saturated rings. The largest absolute Gasteiger partial charge is 0.469 e. The molecule has 0 aliphatic rings. The van der Waals surface area contributed by atoms with Gasteiger partial charge in [0.05, 0.1) is 25.2 Å². The fraction of sp³-hybridized carbons (Fsp3) is 0.167. The SMILES string of the molecule is COC(=O)Cc1nnc(-c2ccc(C#N)cc2)s1. The molecule has 2 rings (SSSR count). The minimum Gasteiger partial charge on any atom is -0.469 e. The maximum atomic E-state index is 11.1. The van der Waals surface area contributed by atoms with Crippen molar-refractivity contribution >= 4 is 17.3 Å². The molecule has 0 aliphatic carbocycles. The summed E-state index contributed by atoms with van der Waals surface area (Å²) in [6, 6.07) is 9.10. The Hall–Kier alpha value is -2.26. The third-order valence-electron chi connectivity index (χ3n) is 2.25. The summed E-state index contributed by atoms with van der Waals surface area (Å²) >= 11 is 1.34. The van der Waals surface area contributed by atoms with Crippen molar-refractivity contribution in [2.45, 2.75) is 6.42 Å². The van der Waals surface area contributed by atoms with E-state index >= 15 is 0 Å². The van der Waals surface area contributed by atoms with Crippen molar-refractivity contribution in [2.75, 3.05) is 7.11 Å². The van der Waals surface area contributed by atoms with Crippen LogP contribution in [-0.4, -0.2) is 23.3 Å². The Morgan fingerprint density at radius 1 is 1.39 bits per heavy atom. The van der Waals surface area contributed by atoms with Crippen LogP contribution in [0.3, 0.4) is 0 Å². The lowest BCUT2D eigenvalue weighted by Gasteiger charge is -1.94. The van der Waals surface area contributed by atoms with E-state index in [1.165, 1.54) is 18.4 Å². The third-order valence-corrected chi connectivity index (χ3v) is 3.22. The predicted molar refractivity (Wildman–Crippen MR) is 65.8 cm³/mol. The molecule has 0 spiro atoms. The summed E-state index contributed by atoms with van der Waals surface area (Å²) < 4.78 is 4.56. The average molecular weight is 259 g/mol. The van der Waals surface area contributed by atoms with Crippen molar-refractivity contribution in [3.8, 4) is 16.6 Å². The number of hydrogen-bond donors (Lipinski definition) is 0. The van der Waals surface area contributed by atoms with Gasteiger partial charge in [0.25, 0.3) is 0 Å². The first kappa shape index (κ1) is 12.2. The standard InChI is InChI=1S/C12H9N3O2S/c1-17-11(16)6-10-14-15-12(18-10)9-4-2-8(7-13)3-5-9/h2-5H,6H2,1H3. The zero-order valence-electron chi connectivity index (χ0n) is 9.58. The van der Waals surface area contributed by atoms with Crippen LogP contribution >= 0.6 is 11.3 Å². The van der Waals surface area contributed by atoms with E-state index in [9.17, 15) is 4.79 Å². The first-order chi connectivity index (χ1) is 8.72. The van der Waals surface area contributed by atoms with Gasteiger partial charge in [-0.25, -0.2) is 0 Å². The van der Waals surface area contributed by atoms with E-state index in [2.05, 4.69) is 21.0 Å². The zero-order chi connectivity index (χ0) is 13.0. The van der Waals surface area contributed by atoms with Gasteiger partial charge in [-0.2, -0.15) is 5.26 Å². The van der Waals surface area contributed by atoms with Crippen LogP contribution in [0.25, 0.3) is 10.6 Å². The molecule has 0 atom stereocenters. The Morgan fingerprint density at radius 3 is 2.72 bits per heavy atom. The van der Waals surface area contributed by atoms with Gasteiger partial charge in [0.1, 0.15) is 10.0 Å². The zero-order valence-corrected chi connectivity index (χ0v) is 10.4. The molecule has 0 unspecified atom stereocenters. The number of benzene rings is 1. The number of ether oxygens (including phenoxy) is 1. The molecule has 0 saturated heterocycles. The molecule has 1 heterocycles. The van der Waals surface area contributed by atoms with E-state index in [4.69, 9.17) is 5.26 Å². The maximum absolute atomic E-state index is 11.1. The molecule has 0 bridgehead atoms. The van der Waals surface area contributed by atoms with Crippen LogP contribution in [0.15, 0.2) is 24.3 Å². The molecular formula is C12H9N3O2S. The molecule has 2 aromatic rings. The van der Waals surface area contributed by atoms with Crippen LogP contribution in [0.2, 0.25) is 0 Å². The molecular weight excluding hydrogens is 250 g/mol. The molecule has 0 radical (unpaired) electrons. The highest BCUT2D eigenvalue weighted by Gasteiger charge is 2.10. The van der Waals surface area contributed by atoms with Gasteiger partial charge < -0.3 is 4.74 Å². The van der Waals surface area contributed by atoms with Gasteiger partial charge in [0.2, 0.25) is 0 Å². The molecule has 0 saturated carbocycles. The molecule has 18 heavy (non-hydrogen) atoms. The molecule has 0 amide bonds. The lowest BCUT2D eigenvalue weighted by molar-refractivity contribution is -0.139. The Kier molecular flexibility index (Phi) is 3.65. The molecule has 90 valence electrons. The molecule has 5 nitrogen and oxygen atoms in total. The summed E-state index contributed by atoms with van der Waals surface area (Å²) in [4.78, 5) is 11.1. The van der Waals surface area contributed by atoms with E-state index in [1.807, 2.05) is 0 Å². The molecule has 0 N–H and O–H groups in total. The van der Waals surface area contributed by atoms with E-state index in [-0.39, 0.29) is 12.4 Å². The van der Waals surface area contributed by atoms with Crippen LogP contribution in [0.4, 0.5) is 0 Å². The second kappa shape index (κ2) is 5.38. The van der Waals surface area contributed by atoms with Crippen molar-refractivity contribution < 1.29 is 9.53 Å². The number of nitriles is 1. The lowest BCUT2D eigenvalue weighted by atomic mass is 10.2. The van der Waals surface area contributed by atoms with Crippen molar-refractivity contribution in [3.05, 3.63) is 34.8 Å². The molecule has 0 aliphatic heterocycles. The third kappa shape index (κ3) is 2.70. The minimum absolute atomic E-state index is 0.129. The minimum atomic E-state index is -0.336. The highest BCUT2D eigenvalue weighted by molar-refractivity contribution is 7.14. The molecule has 1 aromatic heterocycles. The van der Waals surface area contributed by atoms with Crippen LogP contribution in [0, 0.1) is 11.3 Å². The number of carbonyl (C=O) groups is 1. The van der Waals surface area contributed by atoms with Crippen molar-refractivity contribution in [1.82, 2.24) is 10.2 Å². The van der Waals surface area contributed by atoms with Crippen molar-refractivity contribution in [1.29, 1.82) is 5.26 Å². The number of esters is 1. The second-order valence-electron chi connectivity index (χ2n) is 3.44. The van der Waals surface area contributed by atoms with Gasteiger partial charge >= 0.3 is 5.97 Å². The number of aromatic nitrogens is 2. The lowest BCUT2D eigenvalue weighted by Crippen LogP contribution is -2.03. The number of methoxy groups -OCH3 is 1. The Balaban J connectivity index is 2.18. The van der Waals surface area contributed by atoms with Crippen molar-refractivity contribution in [3.63, 3.8) is 0 Å². The average Bonchev–Trinajstić information content (AvgIpc) is 2.87. The first-order valence-electron chi connectivity index (χ1n) is 5.12. The smallest absolute Gasteiger partial charge is 0.312 e. The highest BCUT2D eigenvalue weighted by atomic mass is 32.1. The van der Waals surface area contributed by atoms with Crippen LogP contribution in [0.5, 0.6) is 0 Å². The summed E-state index contributed by atoms with van der Waals surface area (Å²) in [6.45, 7) is 0. The normalized spacial score (nSPS) is 9.78.